The standard InChI is InChI=1S/C10H17N5O/c1-14(2)7-3-4-15(6-7)10(16)8-5-9(11)13-12-8/h5,7H,3-4,6H2,1-2H3,(H3,11,12,13). The molecule has 1 aliphatic heterocycles. The molecule has 3 N–H and O–H groups in total. The molecule has 1 aromatic heterocycles. The lowest BCUT2D eigenvalue weighted by atomic mass is 10.2. The van der Waals surface area contributed by atoms with Crippen molar-refractivity contribution in [2.45, 2.75) is 12.5 Å². The molecule has 2 rings (SSSR count). The monoisotopic (exact) mass is 223 g/mol. The van der Waals surface area contributed by atoms with E-state index in [0.29, 0.717) is 17.6 Å². The molecule has 1 aromatic rings. The predicted molar refractivity (Wildman–Crippen MR) is 61.0 cm³/mol. The first-order chi connectivity index (χ1) is 7.58. The molecule has 0 saturated carbocycles. The number of rotatable bonds is 2. The van der Waals surface area contributed by atoms with Crippen LogP contribution in [0.3, 0.4) is 0 Å². The largest absolute Gasteiger partial charge is 0.382 e. The third-order valence-electron chi connectivity index (χ3n) is 3.01. The average molecular weight is 223 g/mol. The zero-order chi connectivity index (χ0) is 11.7. The highest BCUT2D eigenvalue weighted by Gasteiger charge is 2.28. The summed E-state index contributed by atoms with van der Waals surface area (Å²) in [5.41, 5.74) is 5.94. The Labute approximate surface area is 94.4 Å². The van der Waals surface area contributed by atoms with Gasteiger partial charge in [0.05, 0.1) is 0 Å². The molecule has 0 bridgehead atoms. The van der Waals surface area contributed by atoms with Crippen LogP contribution in [0.1, 0.15) is 16.9 Å². The highest BCUT2D eigenvalue weighted by Crippen LogP contribution is 2.16. The van der Waals surface area contributed by atoms with Crippen molar-refractivity contribution >= 4 is 11.7 Å². The van der Waals surface area contributed by atoms with E-state index in [1.54, 1.807) is 6.07 Å². The van der Waals surface area contributed by atoms with Crippen LogP contribution < -0.4 is 5.73 Å². The average Bonchev–Trinajstić information content (AvgIpc) is 2.84. The van der Waals surface area contributed by atoms with Gasteiger partial charge in [-0.3, -0.25) is 9.89 Å². The van der Waals surface area contributed by atoms with Crippen LogP contribution in [-0.2, 0) is 0 Å². The lowest BCUT2D eigenvalue weighted by Crippen LogP contribution is -2.34. The number of anilines is 1. The second-order valence-electron chi connectivity index (χ2n) is 4.36. The summed E-state index contributed by atoms with van der Waals surface area (Å²) >= 11 is 0. The van der Waals surface area contributed by atoms with Gasteiger partial charge >= 0.3 is 0 Å². The second kappa shape index (κ2) is 4.13. The normalized spacial score (nSPS) is 20.7. The highest BCUT2D eigenvalue weighted by atomic mass is 16.2. The second-order valence-corrected chi connectivity index (χ2v) is 4.36. The summed E-state index contributed by atoms with van der Waals surface area (Å²) in [6, 6.07) is 2.02. The van der Waals surface area contributed by atoms with Crippen LogP contribution in [0, 0.1) is 0 Å². The van der Waals surface area contributed by atoms with E-state index in [1.165, 1.54) is 0 Å². The molecule has 1 fully saturated rings. The molecule has 2 heterocycles. The fraction of sp³-hybridized carbons (Fsp3) is 0.600. The van der Waals surface area contributed by atoms with Crippen molar-refractivity contribution in [2.24, 2.45) is 0 Å². The van der Waals surface area contributed by atoms with Crippen LogP contribution in [0.5, 0.6) is 0 Å². The number of nitrogens with two attached hydrogens (primary N) is 1. The van der Waals surface area contributed by atoms with E-state index in [9.17, 15) is 4.79 Å². The Hall–Kier alpha value is -1.56. The van der Waals surface area contributed by atoms with Crippen molar-refractivity contribution in [2.75, 3.05) is 32.9 Å². The summed E-state index contributed by atoms with van der Waals surface area (Å²) < 4.78 is 0. The zero-order valence-electron chi connectivity index (χ0n) is 9.60. The van der Waals surface area contributed by atoms with E-state index in [0.717, 1.165) is 19.5 Å². The lowest BCUT2D eigenvalue weighted by Gasteiger charge is -2.19. The molecule has 0 aliphatic carbocycles. The Morgan fingerprint density at radius 1 is 1.69 bits per heavy atom. The Kier molecular flexibility index (Phi) is 2.82. The number of hydrogen-bond donors (Lipinski definition) is 2. The van der Waals surface area contributed by atoms with Crippen LogP contribution in [0.4, 0.5) is 5.82 Å². The maximum absolute atomic E-state index is 12.0. The van der Waals surface area contributed by atoms with Gasteiger partial charge in [0.2, 0.25) is 0 Å². The van der Waals surface area contributed by atoms with Gasteiger partial charge in [-0.1, -0.05) is 0 Å². The first-order valence-electron chi connectivity index (χ1n) is 5.34. The first-order valence-corrected chi connectivity index (χ1v) is 5.34. The van der Waals surface area contributed by atoms with Gasteiger partial charge in [-0.15, -0.1) is 0 Å². The Bertz CT molecular complexity index is 386. The molecule has 6 nitrogen and oxygen atoms in total. The van der Waals surface area contributed by atoms with E-state index in [-0.39, 0.29) is 5.91 Å². The van der Waals surface area contributed by atoms with E-state index in [4.69, 9.17) is 5.73 Å². The van der Waals surface area contributed by atoms with E-state index in [2.05, 4.69) is 15.1 Å². The summed E-state index contributed by atoms with van der Waals surface area (Å²) in [5.74, 6) is 0.334. The molecule has 1 saturated heterocycles. The van der Waals surface area contributed by atoms with Gasteiger partial charge in [0.15, 0.2) is 0 Å². The van der Waals surface area contributed by atoms with Crippen LogP contribution in [0.25, 0.3) is 0 Å². The molecule has 6 heteroatoms. The summed E-state index contributed by atoms with van der Waals surface area (Å²) in [7, 11) is 4.07. The summed E-state index contributed by atoms with van der Waals surface area (Å²) in [5, 5.41) is 6.40. The molecular weight excluding hydrogens is 206 g/mol. The summed E-state index contributed by atoms with van der Waals surface area (Å²) in [4.78, 5) is 16.0. The van der Waals surface area contributed by atoms with Crippen molar-refractivity contribution in [3.8, 4) is 0 Å². The number of carbonyl (C=O) groups is 1. The minimum atomic E-state index is -0.0199. The van der Waals surface area contributed by atoms with Crippen molar-refractivity contribution in [1.82, 2.24) is 20.0 Å². The maximum atomic E-state index is 12.0. The van der Waals surface area contributed by atoms with Gasteiger partial charge in [-0.05, 0) is 20.5 Å². The minimum Gasteiger partial charge on any atom is -0.382 e. The molecule has 0 spiro atoms. The molecule has 0 radical (unpaired) electrons. The molecule has 1 aliphatic rings. The Morgan fingerprint density at radius 3 is 2.94 bits per heavy atom. The number of aromatic nitrogens is 2. The number of carbonyl (C=O) groups excluding carboxylic acids is 1. The molecular formula is C10H17N5O. The number of likely N-dealkylation sites (N-methyl/N-ethyl adjacent to an activating group) is 1. The number of H-pyrrole nitrogens is 1. The number of hydrogen-bond acceptors (Lipinski definition) is 4. The Morgan fingerprint density at radius 2 is 2.44 bits per heavy atom. The van der Waals surface area contributed by atoms with E-state index in [1.807, 2.05) is 19.0 Å². The van der Waals surface area contributed by atoms with Gasteiger partial charge in [-0.2, -0.15) is 5.10 Å². The minimum absolute atomic E-state index is 0.0199. The van der Waals surface area contributed by atoms with Crippen LogP contribution in [0.2, 0.25) is 0 Å². The predicted octanol–water partition coefficient (Wildman–Crippen LogP) is -0.232. The number of nitrogen functional groups attached to an aromatic ring is 1. The quantitative estimate of drug-likeness (QED) is 0.726. The van der Waals surface area contributed by atoms with Crippen molar-refractivity contribution in [3.63, 3.8) is 0 Å². The number of amides is 1. The molecule has 1 atom stereocenters. The van der Waals surface area contributed by atoms with E-state index < -0.39 is 0 Å². The smallest absolute Gasteiger partial charge is 0.271 e. The molecule has 88 valence electrons. The van der Waals surface area contributed by atoms with Gasteiger partial charge in [0.1, 0.15) is 11.5 Å². The molecule has 1 unspecified atom stereocenters. The summed E-state index contributed by atoms with van der Waals surface area (Å²) in [6.07, 6.45) is 1.02. The van der Waals surface area contributed by atoms with Crippen LogP contribution in [0.15, 0.2) is 6.07 Å². The molecule has 0 aromatic carbocycles. The van der Waals surface area contributed by atoms with Gasteiger partial charge in [-0.25, -0.2) is 0 Å². The maximum Gasteiger partial charge on any atom is 0.271 e. The number of nitrogens with one attached hydrogen (secondary N) is 1. The lowest BCUT2D eigenvalue weighted by molar-refractivity contribution is 0.0777. The molecule has 1 amide bonds. The van der Waals surface area contributed by atoms with Crippen molar-refractivity contribution in [1.29, 1.82) is 0 Å². The fourth-order valence-corrected chi connectivity index (χ4v) is 1.96. The first kappa shape index (κ1) is 10.9. The molecule has 16 heavy (non-hydrogen) atoms. The van der Waals surface area contributed by atoms with Crippen molar-refractivity contribution < 1.29 is 4.79 Å². The fourth-order valence-electron chi connectivity index (χ4n) is 1.96. The van der Waals surface area contributed by atoms with Crippen LogP contribution in [-0.4, -0.2) is 59.1 Å². The Balaban J connectivity index is 2.02. The van der Waals surface area contributed by atoms with Gasteiger partial charge < -0.3 is 15.5 Å². The number of aromatic amines is 1. The van der Waals surface area contributed by atoms with Gasteiger partial charge in [0, 0.05) is 25.2 Å². The highest BCUT2D eigenvalue weighted by molar-refractivity contribution is 5.93. The summed E-state index contributed by atoms with van der Waals surface area (Å²) in [6.45, 7) is 1.56. The van der Waals surface area contributed by atoms with Gasteiger partial charge in [0.25, 0.3) is 5.91 Å². The topological polar surface area (TPSA) is 78.2 Å². The third-order valence-corrected chi connectivity index (χ3v) is 3.01. The van der Waals surface area contributed by atoms with E-state index >= 15 is 0 Å². The zero-order valence-corrected chi connectivity index (χ0v) is 9.60. The number of likely N-dealkylation sites (tertiary alicyclic amines) is 1. The third kappa shape index (κ3) is 2.01. The van der Waals surface area contributed by atoms with Crippen LogP contribution >= 0.6 is 0 Å². The van der Waals surface area contributed by atoms with Crippen molar-refractivity contribution in [3.05, 3.63) is 11.8 Å². The number of nitrogens with zero attached hydrogens (tertiary/aromatic N) is 3. The SMILES string of the molecule is CN(C)C1CCN(C(=O)c2cc(N)n[nH]2)C1.